The van der Waals surface area contributed by atoms with Gasteiger partial charge < -0.3 is 10.0 Å². The van der Waals surface area contributed by atoms with Gasteiger partial charge >= 0.3 is 0 Å². The van der Waals surface area contributed by atoms with E-state index in [-0.39, 0.29) is 0 Å². The Morgan fingerprint density at radius 1 is 1.47 bits per heavy atom. The van der Waals surface area contributed by atoms with E-state index in [0.717, 1.165) is 5.82 Å². The maximum Gasteiger partial charge on any atom is 0.128 e. The largest absolute Gasteiger partial charge is 0.386 e. The molecule has 0 radical (unpaired) electrons. The van der Waals surface area contributed by atoms with Crippen LogP contribution in [-0.4, -0.2) is 28.8 Å². The quantitative estimate of drug-likeness (QED) is 0.798. The van der Waals surface area contributed by atoms with Gasteiger partial charge in [-0.15, -0.1) is 0 Å². The van der Waals surface area contributed by atoms with Crippen LogP contribution in [0.2, 0.25) is 0 Å². The van der Waals surface area contributed by atoms with E-state index in [1.54, 1.807) is 0 Å². The van der Waals surface area contributed by atoms with Gasteiger partial charge in [-0.05, 0) is 30.5 Å². The third-order valence-corrected chi connectivity index (χ3v) is 3.23. The third kappa shape index (κ3) is 1.84. The first-order chi connectivity index (χ1) is 7.01. The minimum Gasteiger partial charge on any atom is -0.386 e. The Balaban J connectivity index is 2.06. The summed E-state index contributed by atoms with van der Waals surface area (Å²) < 4.78 is 0. The maximum atomic E-state index is 10.1. The monoisotopic (exact) mass is 206 g/mol. The summed E-state index contributed by atoms with van der Waals surface area (Å²) in [5.74, 6) is 1.28. The number of hydrogen-bond donors (Lipinski definition) is 1. The normalized spacial score (nSPS) is 19.1. The van der Waals surface area contributed by atoms with Gasteiger partial charge in [0.1, 0.15) is 11.4 Å². The molecule has 0 unspecified atom stereocenters. The van der Waals surface area contributed by atoms with Crippen LogP contribution in [-0.2, 0) is 0 Å². The van der Waals surface area contributed by atoms with E-state index >= 15 is 0 Å². The average Bonchev–Trinajstić information content (AvgIpc) is 2.12. The van der Waals surface area contributed by atoms with Gasteiger partial charge in [-0.1, -0.05) is 13.8 Å². The summed E-state index contributed by atoms with van der Waals surface area (Å²) in [5, 5.41) is 10.1. The maximum absolute atomic E-state index is 10.1. The highest BCUT2D eigenvalue weighted by Crippen LogP contribution is 2.31. The van der Waals surface area contributed by atoms with Crippen molar-refractivity contribution in [1.82, 2.24) is 4.98 Å². The summed E-state index contributed by atoms with van der Waals surface area (Å²) in [6.07, 6.45) is 1.82. The Bertz CT molecular complexity index is 356. The predicted molar refractivity (Wildman–Crippen MR) is 61.0 cm³/mol. The third-order valence-electron chi connectivity index (χ3n) is 3.23. The minimum absolute atomic E-state index is 0.304. The molecule has 0 saturated carbocycles. The number of rotatable bonds is 2. The highest BCUT2D eigenvalue weighted by Gasteiger charge is 2.44. The zero-order valence-electron chi connectivity index (χ0n) is 9.57. The summed E-state index contributed by atoms with van der Waals surface area (Å²) in [6.45, 7) is 7.56. The van der Waals surface area contributed by atoms with Crippen LogP contribution in [0, 0.1) is 12.8 Å². The molecule has 1 aliphatic heterocycles. The van der Waals surface area contributed by atoms with Crippen LogP contribution in [0.4, 0.5) is 5.82 Å². The van der Waals surface area contributed by atoms with Crippen molar-refractivity contribution in [2.45, 2.75) is 26.4 Å². The number of hydrogen-bond acceptors (Lipinski definition) is 3. The van der Waals surface area contributed by atoms with Crippen molar-refractivity contribution in [1.29, 1.82) is 0 Å². The van der Waals surface area contributed by atoms with Gasteiger partial charge in [0.25, 0.3) is 0 Å². The molecule has 1 aromatic heterocycles. The van der Waals surface area contributed by atoms with E-state index in [4.69, 9.17) is 0 Å². The second-order valence-electron chi connectivity index (χ2n) is 4.81. The van der Waals surface area contributed by atoms with Crippen LogP contribution in [0.25, 0.3) is 0 Å². The Morgan fingerprint density at radius 2 is 2.13 bits per heavy atom. The van der Waals surface area contributed by atoms with Gasteiger partial charge in [-0.25, -0.2) is 4.98 Å². The lowest BCUT2D eigenvalue weighted by Gasteiger charge is -2.49. The molecule has 0 aliphatic carbocycles. The second kappa shape index (κ2) is 3.49. The number of anilines is 1. The molecule has 0 aromatic carbocycles. The van der Waals surface area contributed by atoms with Crippen molar-refractivity contribution in [3.63, 3.8) is 0 Å². The summed E-state index contributed by atoms with van der Waals surface area (Å²) in [5.41, 5.74) is 0.686. The van der Waals surface area contributed by atoms with Crippen LogP contribution in [0.15, 0.2) is 18.3 Å². The van der Waals surface area contributed by atoms with E-state index in [9.17, 15) is 5.11 Å². The van der Waals surface area contributed by atoms with E-state index in [1.807, 2.05) is 12.3 Å². The molecule has 2 heterocycles. The topological polar surface area (TPSA) is 36.4 Å². The molecule has 1 aromatic rings. The van der Waals surface area contributed by atoms with Gasteiger partial charge in [0.15, 0.2) is 0 Å². The van der Waals surface area contributed by atoms with Crippen LogP contribution in [0.1, 0.15) is 19.4 Å². The van der Waals surface area contributed by atoms with Gasteiger partial charge in [-0.3, -0.25) is 0 Å². The molecule has 0 spiro atoms. The van der Waals surface area contributed by atoms with Crippen LogP contribution in [0.5, 0.6) is 0 Å². The van der Waals surface area contributed by atoms with Crippen molar-refractivity contribution in [2.24, 2.45) is 5.92 Å². The highest BCUT2D eigenvalue weighted by atomic mass is 16.3. The van der Waals surface area contributed by atoms with Crippen molar-refractivity contribution in [3.05, 3.63) is 23.9 Å². The Morgan fingerprint density at radius 3 is 2.67 bits per heavy atom. The number of nitrogens with zero attached hydrogens (tertiary/aromatic N) is 2. The molecule has 15 heavy (non-hydrogen) atoms. The van der Waals surface area contributed by atoms with E-state index in [2.05, 4.69) is 36.7 Å². The Kier molecular flexibility index (Phi) is 2.43. The zero-order valence-corrected chi connectivity index (χ0v) is 9.57. The summed E-state index contributed by atoms with van der Waals surface area (Å²) in [4.78, 5) is 6.42. The first kappa shape index (κ1) is 10.4. The zero-order chi connectivity index (χ0) is 11.1. The lowest BCUT2D eigenvalue weighted by atomic mass is 9.83. The summed E-state index contributed by atoms with van der Waals surface area (Å²) in [7, 11) is 0. The number of aryl methyl sites for hydroxylation is 1. The smallest absolute Gasteiger partial charge is 0.128 e. The van der Waals surface area contributed by atoms with Crippen LogP contribution < -0.4 is 4.90 Å². The molecule has 1 saturated heterocycles. The van der Waals surface area contributed by atoms with Crippen molar-refractivity contribution in [3.8, 4) is 0 Å². The molecule has 0 bridgehead atoms. The van der Waals surface area contributed by atoms with Crippen molar-refractivity contribution < 1.29 is 5.11 Å². The fraction of sp³-hybridized carbons (Fsp3) is 0.583. The van der Waals surface area contributed by atoms with Crippen LogP contribution >= 0.6 is 0 Å². The predicted octanol–water partition coefficient (Wildman–Crippen LogP) is 1.60. The lowest BCUT2D eigenvalue weighted by Crippen LogP contribution is -2.65. The molecule has 1 aliphatic rings. The minimum atomic E-state index is -0.522. The first-order valence-electron chi connectivity index (χ1n) is 5.41. The number of pyridine rings is 1. The number of aromatic nitrogens is 1. The van der Waals surface area contributed by atoms with Crippen LogP contribution in [0.3, 0.4) is 0 Å². The van der Waals surface area contributed by atoms with E-state index in [0.29, 0.717) is 19.0 Å². The molecule has 82 valence electrons. The van der Waals surface area contributed by atoms with Gasteiger partial charge in [0.2, 0.25) is 0 Å². The molecule has 1 N–H and O–H groups in total. The Labute approximate surface area is 90.8 Å². The number of aliphatic hydroxyl groups is 1. The first-order valence-corrected chi connectivity index (χ1v) is 5.41. The van der Waals surface area contributed by atoms with E-state index in [1.165, 1.54) is 5.56 Å². The standard InChI is InChI=1S/C12H18N2O/c1-9(2)12(15)7-14(8-12)11-6-10(3)4-5-13-11/h4-6,9,15H,7-8H2,1-3H3. The molecule has 0 amide bonds. The van der Waals surface area contributed by atoms with E-state index < -0.39 is 5.60 Å². The number of β-amino-alcohol motifs (C(OH)–C–C–N with tert-alkyl or cyclic N) is 1. The molecule has 2 rings (SSSR count). The lowest BCUT2D eigenvalue weighted by molar-refractivity contribution is -0.0304. The fourth-order valence-corrected chi connectivity index (χ4v) is 1.84. The van der Waals surface area contributed by atoms with Crippen molar-refractivity contribution in [2.75, 3.05) is 18.0 Å². The fourth-order valence-electron chi connectivity index (χ4n) is 1.84. The van der Waals surface area contributed by atoms with Gasteiger partial charge in [0, 0.05) is 6.20 Å². The molecule has 3 nitrogen and oxygen atoms in total. The molecule has 3 heteroatoms. The molecular formula is C12H18N2O. The SMILES string of the molecule is Cc1ccnc(N2CC(O)(C(C)C)C2)c1. The average molecular weight is 206 g/mol. The molecular weight excluding hydrogens is 188 g/mol. The molecule has 0 atom stereocenters. The highest BCUT2D eigenvalue weighted by molar-refractivity contribution is 5.45. The Hall–Kier alpha value is -1.09. The second-order valence-corrected chi connectivity index (χ2v) is 4.81. The summed E-state index contributed by atoms with van der Waals surface area (Å²) >= 11 is 0. The molecule has 1 fully saturated rings. The van der Waals surface area contributed by atoms with Crippen molar-refractivity contribution >= 4 is 5.82 Å². The van der Waals surface area contributed by atoms with Gasteiger partial charge in [0.05, 0.1) is 13.1 Å². The summed E-state index contributed by atoms with van der Waals surface area (Å²) in [6, 6.07) is 4.04. The van der Waals surface area contributed by atoms with Gasteiger partial charge in [-0.2, -0.15) is 0 Å².